The van der Waals surface area contributed by atoms with Gasteiger partial charge in [-0.3, -0.25) is 4.79 Å². The largest absolute Gasteiger partial charge is 0.353 e. The molecule has 0 aromatic heterocycles. The first-order valence-corrected chi connectivity index (χ1v) is 7.29. The van der Waals surface area contributed by atoms with Gasteiger partial charge in [0.1, 0.15) is 0 Å². The number of hydrogen-bond donors (Lipinski definition) is 2. The van der Waals surface area contributed by atoms with Crippen molar-refractivity contribution in [3.05, 3.63) is 0 Å². The molecule has 0 aliphatic heterocycles. The molecule has 3 rings (SSSR count). The molecule has 3 N–H and O–H groups in total. The molecule has 0 aromatic rings. The Balaban J connectivity index is 1.55. The summed E-state index contributed by atoms with van der Waals surface area (Å²) in [6, 6.07) is 0.490. The highest BCUT2D eigenvalue weighted by Gasteiger charge is 2.53. The summed E-state index contributed by atoms with van der Waals surface area (Å²) in [6.07, 6.45) is 8.37. The second-order valence-corrected chi connectivity index (χ2v) is 6.22. The molecule has 1 amide bonds. The van der Waals surface area contributed by atoms with Crippen LogP contribution in [-0.2, 0) is 4.79 Å². The Morgan fingerprint density at radius 2 is 2.00 bits per heavy atom. The van der Waals surface area contributed by atoms with Crippen LogP contribution in [-0.4, -0.2) is 18.5 Å². The number of nitrogens with two attached hydrogens (primary N) is 1. The van der Waals surface area contributed by atoms with E-state index in [1.807, 2.05) is 0 Å². The Labute approximate surface area is 104 Å². The Bertz CT molecular complexity index is 305. The van der Waals surface area contributed by atoms with Crippen molar-refractivity contribution in [2.45, 2.75) is 51.0 Å². The first-order chi connectivity index (χ1) is 8.29. The predicted octanol–water partition coefficient (Wildman–Crippen LogP) is 1.67. The van der Waals surface area contributed by atoms with Gasteiger partial charge in [-0.2, -0.15) is 0 Å². The lowest BCUT2D eigenvalue weighted by molar-refractivity contribution is -0.122. The minimum absolute atomic E-state index is 0.225. The summed E-state index contributed by atoms with van der Waals surface area (Å²) in [7, 11) is 0. The van der Waals surface area contributed by atoms with Gasteiger partial charge in [0.15, 0.2) is 0 Å². The molecule has 3 fully saturated rings. The standard InChI is InChI=1S/C14H24N2O/c15-6-2-5-14(17)16-13-8-9-7-12(13)11-4-1-3-10(9)11/h9-13H,1-8,15H2,(H,16,17). The van der Waals surface area contributed by atoms with Crippen LogP contribution in [0, 0.1) is 23.7 Å². The molecule has 0 saturated heterocycles. The van der Waals surface area contributed by atoms with E-state index in [0.29, 0.717) is 19.0 Å². The Morgan fingerprint density at radius 3 is 2.82 bits per heavy atom. The Morgan fingerprint density at radius 1 is 1.18 bits per heavy atom. The number of hydrogen-bond acceptors (Lipinski definition) is 2. The maximum atomic E-state index is 11.8. The first kappa shape index (κ1) is 11.5. The highest BCUT2D eigenvalue weighted by molar-refractivity contribution is 5.76. The van der Waals surface area contributed by atoms with Crippen LogP contribution in [0.2, 0.25) is 0 Å². The molecule has 3 saturated carbocycles. The average molecular weight is 236 g/mol. The summed E-state index contributed by atoms with van der Waals surface area (Å²) in [4.78, 5) is 11.8. The van der Waals surface area contributed by atoms with Crippen LogP contribution >= 0.6 is 0 Å². The van der Waals surface area contributed by atoms with E-state index in [1.54, 1.807) is 0 Å². The van der Waals surface area contributed by atoms with E-state index in [4.69, 9.17) is 5.73 Å². The zero-order valence-corrected chi connectivity index (χ0v) is 10.5. The molecule has 5 unspecified atom stereocenters. The van der Waals surface area contributed by atoms with Gasteiger partial charge in [0.05, 0.1) is 0 Å². The van der Waals surface area contributed by atoms with E-state index < -0.39 is 0 Å². The van der Waals surface area contributed by atoms with Gasteiger partial charge < -0.3 is 11.1 Å². The summed E-state index contributed by atoms with van der Waals surface area (Å²) in [5.41, 5.74) is 5.44. The third-order valence-electron chi connectivity index (χ3n) is 5.38. The van der Waals surface area contributed by atoms with E-state index >= 15 is 0 Å². The lowest BCUT2D eigenvalue weighted by atomic mass is 9.79. The summed E-state index contributed by atoms with van der Waals surface area (Å²) in [5.74, 6) is 3.90. The number of carbonyl (C=O) groups excluding carboxylic acids is 1. The number of rotatable bonds is 4. The van der Waals surface area contributed by atoms with Crippen molar-refractivity contribution < 1.29 is 4.79 Å². The van der Waals surface area contributed by atoms with Crippen LogP contribution in [0.15, 0.2) is 0 Å². The van der Waals surface area contributed by atoms with Crippen LogP contribution in [0.25, 0.3) is 0 Å². The summed E-state index contributed by atoms with van der Waals surface area (Å²) in [6.45, 7) is 0.620. The molecule has 3 aliphatic rings. The van der Waals surface area contributed by atoms with Gasteiger partial charge in [-0.15, -0.1) is 0 Å². The lowest BCUT2D eigenvalue weighted by Crippen LogP contribution is -2.42. The highest BCUT2D eigenvalue weighted by Crippen LogP contribution is 2.58. The van der Waals surface area contributed by atoms with Gasteiger partial charge >= 0.3 is 0 Å². The van der Waals surface area contributed by atoms with E-state index in [1.165, 1.54) is 32.1 Å². The SMILES string of the molecule is NCCCC(=O)NC1CC2CC1C1CCCC21. The number of fused-ring (bicyclic) bond motifs is 5. The normalized spacial score (nSPS) is 42.8. The molecule has 0 radical (unpaired) electrons. The van der Waals surface area contributed by atoms with Crippen molar-refractivity contribution in [2.75, 3.05) is 6.54 Å². The van der Waals surface area contributed by atoms with Gasteiger partial charge in [-0.05, 0) is 62.3 Å². The number of carbonyl (C=O) groups is 1. The minimum Gasteiger partial charge on any atom is -0.353 e. The first-order valence-electron chi connectivity index (χ1n) is 7.29. The monoisotopic (exact) mass is 236 g/mol. The average Bonchev–Trinajstić information content (AvgIpc) is 2.96. The lowest BCUT2D eigenvalue weighted by Gasteiger charge is -2.32. The molecule has 17 heavy (non-hydrogen) atoms. The fourth-order valence-electron chi connectivity index (χ4n) is 4.78. The van der Waals surface area contributed by atoms with Gasteiger partial charge in [-0.1, -0.05) is 6.42 Å². The molecule has 96 valence electrons. The van der Waals surface area contributed by atoms with E-state index in [0.717, 1.165) is 30.1 Å². The van der Waals surface area contributed by atoms with Gasteiger partial charge in [0.2, 0.25) is 5.91 Å². The summed E-state index contributed by atoms with van der Waals surface area (Å²) >= 11 is 0. The van der Waals surface area contributed by atoms with Crippen LogP contribution in [0.3, 0.4) is 0 Å². The fourth-order valence-corrected chi connectivity index (χ4v) is 4.78. The molecule has 3 nitrogen and oxygen atoms in total. The molecule has 3 heteroatoms. The van der Waals surface area contributed by atoms with E-state index in [9.17, 15) is 4.79 Å². The second kappa shape index (κ2) is 4.60. The summed E-state index contributed by atoms with van der Waals surface area (Å²) in [5, 5.41) is 3.26. The van der Waals surface area contributed by atoms with Crippen molar-refractivity contribution in [3.8, 4) is 0 Å². The zero-order valence-electron chi connectivity index (χ0n) is 10.5. The molecule has 0 heterocycles. The van der Waals surface area contributed by atoms with Crippen molar-refractivity contribution in [1.29, 1.82) is 0 Å². The smallest absolute Gasteiger partial charge is 0.220 e. The quantitative estimate of drug-likeness (QED) is 0.780. The molecule has 2 bridgehead atoms. The molecular weight excluding hydrogens is 212 g/mol. The van der Waals surface area contributed by atoms with Crippen LogP contribution in [0.4, 0.5) is 0 Å². The third kappa shape index (κ3) is 1.99. The number of amides is 1. The van der Waals surface area contributed by atoms with Crippen molar-refractivity contribution >= 4 is 5.91 Å². The topological polar surface area (TPSA) is 55.1 Å². The molecular formula is C14H24N2O. The minimum atomic E-state index is 0.225. The number of nitrogens with one attached hydrogen (secondary N) is 1. The van der Waals surface area contributed by atoms with Crippen molar-refractivity contribution in [1.82, 2.24) is 5.32 Å². The van der Waals surface area contributed by atoms with E-state index in [2.05, 4.69) is 5.32 Å². The Kier molecular flexibility index (Phi) is 3.12. The van der Waals surface area contributed by atoms with E-state index in [-0.39, 0.29) is 5.91 Å². The van der Waals surface area contributed by atoms with Crippen LogP contribution in [0.5, 0.6) is 0 Å². The van der Waals surface area contributed by atoms with Crippen molar-refractivity contribution in [3.63, 3.8) is 0 Å². The Hall–Kier alpha value is -0.570. The van der Waals surface area contributed by atoms with Crippen molar-refractivity contribution in [2.24, 2.45) is 29.4 Å². The maximum Gasteiger partial charge on any atom is 0.220 e. The predicted molar refractivity (Wildman–Crippen MR) is 67.3 cm³/mol. The molecule has 0 aromatic carbocycles. The van der Waals surface area contributed by atoms with Gasteiger partial charge in [-0.25, -0.2) is 0 Å². The zero-order chi connectivity index (χ0) is 11.8. The van der Waals surface area contributed by atoms with Crippen LogP contribution in [0.1, 0.15) is 44.9 Å². The molecule has 0 spiro atoms. The summed E-state index contributed by atoms with van der Waals surface area (Å²) < 4.78 is 0. The molecule has 5 atom stereocenters. The maximum absolute atomic E-state index is 11.8. The third-order valence-corrected chi connectivity index (χ3v) is 5.38. The van der Waals surface area contributed by atoms with Crippen LogP contribution < -0.4 is 11.1 Å². The van der Waals surface area contributed by atoms with Gasteiger partial charge in [0.25, 0.3) is 0 Å². The van der Waals surface area contributed by atoms with Gasteiger partial charge in [0, 0.05) is 12.5 Å². The molecule has 3 aliphatic carbocycles. The second-order valence-electron chi connectivity index (χ2n) is 6.22. The highest BCUT2D eigenvalue weighted by atomic mass is 16.1. The fraction of sp³-hybridized carbons (Fsp3) is 0.929.